The standard InChI is InChI=1S/C21H18N4O/c1-26-19-10-4-9-17(23-19)14-7-3-8-15-20(22)16-11-25(13-5-2-6-13)12-18(16)24-21(14)15/h2-10H,11-12H2,1H3,(H2,22,24). The first-order valence-electron chi connectivity index (χ1n) is 8.59. The van der Waals surface area contributed by atoms with Crippen LogP contribution >= 0.6 is 0 Å². The predicted molar refractivity (Wildman–Crippen MR) is 102 cm³/mol. The summed E-state index contributed by atoms with van der Waals surface area (Å²) in [5.41, 5.74) is 13.5. The largest absolute Gasteiger partial charge is 0.481 e. The second kappa shape index (κ2) is 5.59. The number of aromatic nitrogens is 2. The maximum Gasteiger partial charge on any atom is 0.213 e. The summed E-state index contributed by atoms with van der Waals surface area (Å²) in [6, 6.07) is 11.8. The van der Waals surface area contributed by atoms with Crippen LogP contribution in [0.3, 0.4) is 0 Å². The second-order valence-corrected chi connectivity index (χ2v) is 6.52. The van der Waals surface area contributed by atoms with E-state index in [0.717, 1.165) is 52.2 Å². The van der Waals surface area contributed by atoms with Gasteiger partial charge in [-0.05, 0) is 18.2 Å². The molecule has 5 heteroatoms. The summed E-state index contributed by atoms with van der Waals surface area (Å²) in [5.74, 6) is 0.587. The molecule has 0 fully saturated rings. The van der Waals surface area contributed by atoms with Gasteiger partial charge < -0.3 is 15.4 Å². The highest BCUT2D eigenvalue weighted by Gasteiger charge is 2.26. The zero-order valence-electron chi connectivity index (χ0n) is 14.4. The monoisotopic (exact) mass is 342 g/mol. The lowest BCUT2D eigenvalue weighted by atomic mass is 10.0. The Balaban J connectivity index is 1.67. The molecule has 0 spiro atoms. The maximum absolute atomic E-state index is 6.55. The van der Waals surface area contributed by atoms with Gasteiger partial charge in [0, 0.05) is 40.5 Å². The number of anilines is 1. The molecule has 3 heterocycles. The molecule has 2 N–H and O–H groups in total. The number of pyridine rings is 2. The molecule has 0 atom stereocenters. The zero-order valence-corrected chi connectivity index (χ0v) is 14.4. The average Bonchev–Trinajstić information content (AvgIpc) is 3.03. The van der Waals surface area contributed by atoms with E-state index >= 15 is 0 Å². The van der Waals surface area contributed by atoms with Gasteiger partial charge >= 0.3 is 0 Å². The van der Waals surface area contributed by atoms with E-state index in [1.165, 1.54) is 5.70 Å². The number of nitrogens with zero attached hydrogens (tertiary/aromatic N) is 3. The fourth-order valence-electron chi connectivity index (χ4n) is 3.60. The highest BCUT2D eigenvalue weighted by atomic mass is 16.5. The highest BCUT2D eigenvalue weighted by molar-refractivity contribution is 6.00. The first-order valence-corrected chi connectivity index (χ1v) is 8.59. The molecular weight excluding hydrogens is 324 g/mol. The maximum atomic E-state index is 6.55. The number of benzene rings is 1. The van der Waals surface area contributed by atoms with Crippen molar-refractivity contribution in [2.75, 3.05) is 12.8 Å². The zero-order chi connectivity index (χ0) is 17.7. The third-order valence-electron chi connectivity index (χ3n) is 5.04. The van der Waals surface area contributed by atoms with Crippen LogP contribution in [0, 0.1) is 0 Å². The molecule has 0 amide bonds. The van der Waals surface area contributed by atoms with Gasteiger partial charge in [0.05, 0.1) is 30.6 Å². The molecule has 3 aromatic rings. The SMILES string of the molecule is COc1cccc(-c2cccc3c(N)c4c(nc23)CN(C2=CC=C2)C4)n1. The van der Waals surface area contributed by atoms with Crippen LogP contribution in [0.1, 0.15) is 11.3 Å². The number of allylic oxidation sites excluding steroid dienone is 3. The molecule has 1 aliphatic carbocycles. The molecule has 5 rings (SSSR count). The summed E-state index contributed by atoms with van der Waals surface area (Å²) >= 11 is 0. The fourth-order valence-corrected chi connectivity index (χ4v) is 3.60. The molecular formula is C21H18N4O. The summed E-state index contributed by atoms with van der Waals surface area (Å²) in [6.07, 6.45) is 6.29. The predicted octanol–water partition coefficient (Wildman–Crippen LogP) is 3.66. The Labute approximate surface area is 151 Å². The number of nitrogens with two attached hydrogens (primary N) is 1. The van der Waals surface area contributed by atoms with Crippen LogP contribution in [0.25, 0.3) is 22.2 Å². The molecule has 5 nitrogen and oxygen atoms in total. The van der Waals surface area contributed by atoms with Crippen LogP contribution < -0.4 is 10.5 Å². The van der Waals surface area contributed by atoms with Gasteiger partial charge in [-0.2, -0.15) is 0 Å². The van der Waals surface area contributed by atoms with Crippen LogP contribution in [0.15, 0.2) is 60.3 Å². The summed E-state index contributed by atoms with van der Waals surface area (Å²) in [6.45, 7) is 1.59. The number of hydrogen-bond donors (Lipinski definition) is 1. The molecule has 2 aliphatic rings. The molecule has 26 heavy (non-hydrogen) atoms. The molecule has 0 unspecified atom stereocenters. The van der Waals surface area contributed by atoms with Crippen LogP contribution in [-0.4, -0.2) is 22.0 Å². The summed E-state index contributed by atoms with van der Waals surface area (Å²) < 4.78 is 5.27. The van der Waals surface area contributed by atoms with Crippen molar-refractivity contribution in [2.24, 2.45) is 0 Å². The first kappa shape index (κ1) is 15.0. The van der Waals surface area contributed by atoms with Crippen molar-refractivity contribution in [3.05, 3.63) is 71.6 Å². The average molecular weight is 342 g/mol. The smallest absolute Gasteiger partial charge is 0.213 e. The number of rotatable bonds is 3. The Kier molecular flexibility index (Phi) is 3.22. The third-order valence-corrected chi connectivity index (χ3v) is 5.04. The lowest BCUT2D eigenvalue weighted by Gasteiger charge is -2.21. The normalized spacial score (nSPS) is 15.0. The molecule has 1 aliphatic heterocycles. The summed E-state index contributed by atoms with van der Waals surface area (Å²) in [4.78, 5) is 11.9. The molecule has 0 saturated heterocycles. The second-order valence-electron chi connectivity index (χ2n) is 6.52. The van der Waals surface area contributed by atoms with E-state index in [0.29, 0.717) is 5.88 Å². The number of hydrogen-bond acceptors (Lipinski definition) is 5. The Hall–Kier alpha value is -3.34. The van der Waals surface area contributed by atoms with Crippen LogP contribution in [0.4, 0.5) is 5.69 Å². The van der Waals surface area contributed by atoms with Gasteiger partial charge in [0.1, 0.15) is 0 Å². The van der Waals surface area contributed by atoms with Gasteiger partial charge in [0.15, 0.2) is 0 Å². The van der Waals surface area contributed by atoms with Crippen molar-refractivity contribution in [3.8, 4) is 17.1 Å². The van der Waals surface area contributed by atoms with E-state index in [9.17, 15) is 0 Å². The number of methoxy groups -OCH3 is 1. The van der Waals surface area contributed by atoms with Crippen molar-refractivity contribution >= 4 is 16.6 Å². The van der Waals surface area contributed by atoms with E-state index < -0.39 is 0 Å². The van der Waals surface area contributed by atoms with Gasteiger partial charge in [-0.1, -0.05) is 30.3 Å². The van der Waals surface area contributed by atoms with Crippen molar-refractivity contribution in [2.45, 2.75) is 13.1 Å². The summed E-state index contributed by atoms with van der Waals surface area (Å²) in [7, 11) is 1.62. The van der Waals surface area contributed by atoms with Gasteiger partial charge in [-0.15, -0.1) is 0 Å². The van der Waals surface area contributed by atoms with Crippen molar-refractivity contribution in [1.29, 1.82) is 0 Å². The van der Waals surface area contributed by atoms with Gasteiger partial charge in [0.2, 0.25) is 5.88 Å². The topological polar surface area (TPSA) is 64.3 Å². The molecule has 128 valence electrons. The highest BCUT2D eigenvalue weighted by Crippen LogP contribution is 2.37. The Morgan fingerprint density at radius 2 is 1.92 bits per heavy atom. The van der Waals surface area contributed by atoms with E-state index in [1.807, 2.05) is 36.4 Å². The van der Waals surface area contributed by atoms with E-state index in [-0.39, 0.29) is 0 Å². The molecule has 0 radical (unpaired) electrons. The Bertz CT molecular complexity index is 1100. The fraction of sp³-hybridized carbons (Fsp3) is 0.143. The molecule has 2 aromatic heterocycles. The molecule has 1 aromatic carbocycles. The van der Waals surface area contributed by atoms with Gasteiger partial charge in [0.25, 0.3) is 0 Å². The number of para-hydroxylation sites is 1. The number of fused-ring (bicyclic) bond motifs is 2. The van der Waals surface area contributed by atoms with Crippen molar-refractivity contribution in [1.82, 2.24) is 14.9 Å². The van der Waals surface area contributed by atoms with Gasteiger partial charge in [-0.3, -0.25) is 0 Å². The van der Waals surface area contributed by atoms with Crippen LogP contribution in [-0.2, 0) is 13.1 Å². The van der Waals surface area contributed by atoms with Crippen LogP contribution in [0.2, 0.25) is 0 Å². The van der Waals surface area contributed by atoms with Crippen molar-refractivity contribution in [3.63, 3.8) is 0 Å². The summed E-state index contributed by atoms with van der Waals surface area (Å²) in [5, 5.41) is 0.978. The first-order chi connectivity index (χ1) is 12.7. The third kappa shape index (κ3) is 2.17. The lowest BCUT2D eigenvalue weighted by Crippen LogP contribution is -2.16. The van der Waals surface area contributed by atoms with E-state index in [1.54, 1.807) is 7.11 Å². The Morgan fingerprint density at radius 1 is 1.08 bits per heavy atom. The van der Waals surface area contributed by atoms with E-state index in [4.69, 9.17) is 15.5 Å². The minimum atomic E-state index is 0.587. The van der Waals surface area contributed by atoms with Gasteiger partial charge in [-0.25, -0.2) is 9.97 Å². The minimum Gasteiger partial charge on any atom is -0.481 e. The number of ether oxygens (including phenoxy) is 1. The lowest BCUT2D eigenvalue weighted by molar-refractivity contribution is 0.370. The quantitative estimate of drug-likeness (QED) is 0.787. The molecule has 0 bridgehead atoms. The van der Waals surface area contributed by atoms with E-state index in [2.05, 4.69) is 28.1 Å². The Morgan fingerprint density at radius 3 is 2.69 bits per heavy atom. The van der Waals surface area contributed by atoms with Crippen LogP contribution in [0.5, 0.6) is 5.88 Å². The minimum absolute atomic E-state index is 0.587. The number of nitrogen functional groups attached to an aromatic ring is 1. The van der Waals surface area contributed by atoms with Crippen molar-refractivity contribution < 1.29 is 4.74 Å². The molecule has 0 saturated carbocycles.